The number of nitrogens with two attached hydrogens (primary N) is 1. The number of carbonyl (C=O) groups is 1. The molecule has 0 aliphatic rings. The van der Waals surface area contributed by atoms with E-state index in [1.54, 1.807) is 36.4 Å². The standard InChI is InChI=1S/C20H18N4O3/c1-12-13(2)22-18-9-7-14(24(26)27)11-16(18)15(12)8-10-20(25)23-19-6-4-3-5-17(19)21/h3-11H,21H2,1-2H3,(H,23,25)/b10-8+. The Morgan fingerprint density at radius 1 is 1.22 bits per heavy atom. The Labute approximate surface area is 155 Å². The summed E-state index contributed by atoms with van der Waals surface area (Å²) in [4.78, 5) is 27.4. The first-order valence-electron chi connectivity index (χ1n) is 8.25. The molecule has 136 valence electrons. The van der Waals surface area contributed by atoms with Crippen LogP contribution < -0.4 is 11.1 Å². The van der Waals surface area contributed by atoms with E-state index in [9.17, 15) is 14.9 Å². The highest BCUT2D eigenvalue weighted by molar-refractivity contribution is 6.05. The van der Waals surface area contributed by atoms with Gasteiger partial charge in [-0.05, 0) is 49.2 Å². The Balaban J connectivity index is 1.99. The Kier molecular flexibility index (Phi) is 4.85. The van der Waals surface area contributed by atoms with E-state index in [1.807, 2.05) is 13.8 Å². The van der Waals surface area contributed by atoms with Crippen molar-refractivity contribution in [3.63, 3.8) is 0 Å². The summed E-state index contributed by atoms with van der Waals surface area (Å²) in [6, 6.07) is 11.5. The second-order valence-corrected chi connectivity index (χ2v) is 6.10. The smallest absolute Gasteiger partial charge is 0.270 e. The van der Waals surface area contributed by atoms with Gasteiger partial charge >= 0.3 is 0 Å². The molecule has 3 rings (SSSR count). The molecular formula is C20H18N4O3. The van der Waals surface area contributed by atoms with Gasteiger partial charge in [0.05, 0.1) is 21.8 Å². The van der Waals surface area contributed by atoms with Crippen LogP contribution in [-0.2, 0) is 4.79 Å². The van der Waals surface area contributed by atoms with Crippen LogP contribution in [0.25, 0.3) is 17.0 Å². The van der Waals surface area contributed by atoms with Crippen LogP contribution in [-0.4, -0.2) is 15.8 Å². The molecule has 1 amide bonds. The predicted molar refractivity (Wildman–Crippen MR) is 106 cm³/mol. The van der Waals surface area contributed by atoms with Gasteiger partial charge in [-0.15, -0.1) is 0 Å². The van der Waals surface area contributed by atoms with Gasteiger partial charge in [0, 0.05) is 29.3 Å². The van der Waals surface area contributed by atoms with E-state index in [0.717, 1.165) is 16.8 Å². The molecule has 0 spiro atoms. The number of nitrogens with zero attached hydrogens (tertiary/aromatic N) is 2. The van der Waals surface area contributed by atoms with Gasteiger partial charge < -0.3 is 11.1 Å². The average molecular weight is 362 g/mol. The molecule has 0 radical (unpaired) electrons. The fourth-order valence-corrected chi connectivity index (χ4v) is 2.77. The van der Waals surface area contributed by atoms with Gasteiger partial charge in [-0.1, -0.05) is 12.1 Å². The number of rotatable bonds is 4. The Morgan fingerprint density at radius 2 is 1.96 bits per heavy atom. The van der Waals surface area contributed by atoms with Gasteiger partial charge in [0.25, 0.3) is 5.69 Å². The van der Waals surface area contributed by atoms with Crippen molar-refractivity contribution in [2.75, 3.05) is 11.1 Å². The van der Waals surface area contributed by atoms with Crippen molar-refractivity contribution in [2.24, 2.45) is 0 Å². The highest BCUT2D eigenvalue weighted by Crippen LogP contribution is 2.27. The molecule has 0 aliphatic carbocycles. The molecule has 0 unspecified atom stereocenters. The zero-order valence-corrected chi connectivity index (χ0v) is 14.9. The number of hydrogen-bond acceptors (Lipinski definition) is 5. The van der Waals surface area contributed by atoms with Gasteiger partial charge in [-0.25, -0.2) is 0 Å². The van der Waals surface area contributed by atoms with Crippen molar-refractivity contribution in [1.29, 1.82) is 0 Å². The molecule has 2 aromatic carbocycles. The summed E-state index contributed by atoms with van der Waals surface area (Å²) in [6.45, 7) is 3.73. The van der Waals surface area contributed by atoms with Gasteiger partial charge in [-0.3, -0.25) is 19.9 Å². The molecule has 3 N–H and O–H groups in total. The quantitative estimate of drug-likeness (QED) is 0.315. The van der Waals surface area contributed by atoms with Crippen molar-refractivity contribution in [3.05, 3.63) is 75.5 Å². The number of nitrogen functional groups attached to an aromatic ring is 1. The van der Waals surface area contributed by atoms with Crippen molar-refractivity contribution < 1.29 is 9.72 Å². The van der Waals surface area contributed by atoms with Crippen molar-refractivity contribution in [1.82, 2.24) is 4.98 Å². The maximum absolute atomic E-state index is 12.3. The van der Waals surface area contributed by atoms with Gasteiger partial charge in [0.15, 0.2) is 0 Å². The first-order valence-corrected chi connectivity index (χ1v) is 8.25. The van der Waals surface area contributed by atoms with E-state index in [2.05, 4.69) is 10.3 Å². The average Bonchev–Trinajstić information content (AvgIpc) is 2.63. The second-order valence-electron chi connectivity index (χ2n) is 6.10. The van der Waals surface area contributed by atoms with Crippen LogP contribution >= 0.6 is 0 Å². The summed E-state index contributed by atoms with van der Waals surface area (Å²) in [7, 11) is 0. The zero-order chi connectivity index (χ0) is 19.6. The number of nitro groups is 1. The minimum Gasteiger partial charge on any atom is -0.397 e. The van der Waals surface area contributed by atoms with E-state index in [-0.39, 0.29) is 11.6 Å². The molecule has 0 fully saturated rings. The number of non-ortho nitro benzene ring substituents is 1. The number of amides is 1. The molecule has 1 heterocycles. The molecule has 3 aromatic rings. The monoisotopic (exact) mass is 362 g/mol. The Hall–Kier alpha value is -3.74. The van der Waals surface area contributed by atoms with Gasteiger partial charge in [-0.2, -0.15) is 0 Å². The summed E-state index contributed by atoms with van der Waals surface area (Å²) in [5, 5.41) is 14.4. The van der Waals surface area contributed by atoms with E-state index in [4.69, 9.17) is 5.73 Å². The number of benzene rings is 2. The lowest BCUT2D eigenvalue weighted by atomic mass is 10.0. The number of aryl methyl sites for hydroxylation is 1. The third-order valence-electron chi connectivity index (χ3n) is 4.34. The number of nitro benzene ring substituents is 1. The lowest BCUT2D eigenvalue weighted by Gasteiger charge is -2.09. The van der Waals surface area contributed by atoms with E-state index >= 15 is 0 Å². The second kappa shape index (κ2) is 7.25. The lowest BCUT2D eigenvalue weighted by Crippen LogP contribution is -2.09. The number of nitrogens with one attached hydrogen (secondary N) is 1. The number of para-hydroxylation sites is 2. The maximum atomic E-state index is 12.3. The number of carbonyl (C=O) groups excluding carboxylic acids is 1. The van der Waals surface area contributed by atoms with Crippen LogP contribution in [0.5, 0.6) is 0 Å². The molecule has 0 atom stereocenters. The minimum absolute atomic E-state index is 0.0243. The molecule has 0 aliphatic heterocycles. The first kappa shape index (κ1) is 18.1. The number of pyridine rings is 1. The largest absolute Gasteiger partial charge is 0.397 e. The fraction of sp³-hybridized carbons (Fsp3) is 0.100. The SMILES string of the molecule is Cc1nc2ccc([N+](=O)[O-])cc2c(/C=C/C(=O)Nc2ccccc2N)c1C. The normalized spacial score (nSPS) is 11.0. The topological polar surface area (TPSA) is 111 Å². The van der Waals surface area contributed by atoms with Gasteiger partial charge in [0.1, 0.15) is 0 Å². The number of fused-ring (bicyclic) bond motifs is 1. The summed E-state index contributed by atoms with van der Waals surface area (Å²) in [6.07, 6.45) is 3.02. The minimum atomic E-state index is -0.451. The van der Waals surface area contributed by atoms with Crippen molar-refractivity contribution in [2.45, 2.75) is 13.8 Å². The number of anilines is 2. The maximum Gasteiger partial charge on any atom is 0.270 e. The fourth-order valence-electron chi connectivity index (χ4n) is 2.77. The van der Waals surface area contributed by atoms with Crippen LogP contribution in [0.1, 0.15) is 16.8 Å². The van der Waals surface area contributed by atoms with E-state index in [1.165, 1.54) is 18.2 Å². The number of aromatic nitrogens is 1. The molecule has 27 heavy (non-hydrogen) atoms. The highest BCUT2D eigenvalue weighted by atomic mass is 16.6. The molecule has 0 bridgehead atoms. The Morgan fingerprint density at radius 3 is 2.67 bits per heavy atom. The molecule has 1 aromatic heterocycles. The zero-order valence-electron chi connectivity index (χ0n) is 14.9. The van der Waals surface area contributed by atoms with Gasteiger partial charge in [0.2, 0.25) is 5.91 Å². The van der Waals surface area contributed by atoms with Crippen LogP contribution in [0, 0.1) is 24.0 Å². The molecule has 7 nitrogen and oxygen atoms in total. The molecule has 0 saturated carbocycles. The highest BCUT2D eigenvalue weighted by Gasteiger charge is 2.13. The Bertz CT molecular complexity index is 1090. The first-order chi connectivity index (χ1) is 12.9. The number of hydrogen-bond donors (Lipinski definition) is 2. The third kappa shape index (κ3) is 3.77. The van der Waals surface area contributed by atoms with Crippen LogP contribution in [0.15, 0.2) is 48.5 Å². The van der Waals surface area contributed by atoms with E-state index < -0.39 is 4.92 Å². The van der Waals surface area contributed by atoms with Crippen molar-refractivity contribution >= 4 is 39.9 Å². The molecular weight excluding hydrogens is 344 g/mol. The summed E-state index contributed by atoms with van der Waals surface area (Å²) in [5.74, 6) is -0.347. The molecule has 7 heteroatoms. The summed E-state index contributed by atoms with van der Waals surface area (Å²) >= 11 is 0. The lowest BCUT2D eigenvalue weighted by molar-refractivity contribution is -0.384. The van der Waals surface area contributed by atoms with Crippen molar-refractivity contribution in [3.8, 4) is 0 Å². The summed E-state index contributed by atoms with van der Waals surface area (Å²) in [5.41, 5.74) is 9.80. The van der Waals surface area contributed by atoms with Crippen LogP contribution in [0.4, 0.5) is 17.1 Å². The third-order valence-corrected chi connectivity index (χ3v) is 4.34. The predicted octanol–water partition coefficient (Wildman–Crippen LogP) is 3.99. The van der Waals surface area contributed by atoms with Crippen LogP contribution in [0.2, 0.25) is 0 Å². The van der Waals surface area contributed by atoms with Crippen LogP contribution in [0.3, 0.4) is 0 Å². The molecule has 0 saturated heterocycles. The summed E-state index contributed by atoms with van der Waals surface area (Å²) < 4.78 is 0. The van der Waals surface area contributed by atoms with E-state index in [0.29, 0.717) is 22.3 Å².